The third-order valence-electron chi connectivity index (χ3n) is 3.46. The van der Waals surface area contributed by atoms with Gasteiger partial charge in [-0.05, 0) is 36.6 Å². The summed E-state index contributed by atoms with van der Waals surface area (Å²) in [6.45, 7) is 3.92. The first-order valence-corrected chi connectivity index (χ1v) is 10.3. The topological polar surface area (TPSA) is 77.8 Å². The van der Waals surface area contributed by atoms with Crippen molar-refractivity contribution >= 4 is 19.7 Å². The van der Waals surface area contributed by atoms with Crippen LogP contribution in [-0.4, -0.2) is 13.2 Å². The van der Waals surface area contributed by atoms with Gasteiger partial charge < -0.3 is 0 Å². The van der Waals surface area contributed by atoms with Gasteiger partial charge in [-0.15, -0.1) is 9.35 Å². The molecule has 6 nitrogen and oxygen atoms in total. The lowest BCUT2D eigenvalue weighted by Gasteiger charge is -2.15. The quantitative estimate of drug-likeness (QED) is 0.236. The summed E-state index contributed by atoms with van der Waals surface area (Å²) in [7, 11) is -3.56. The molecule has 0 radical (unpaired) electrons. The molecule has 7 heteroatoms. The minimum atomic E-state index is -3.56. The molecule has 0 aliphatic carbocycles. The van der Waals surface area contributed by atoms with Crippen LogP contribution in [0.1, 0.15) is 36.1 Å². The van der Waals surface area contributed by atoms with Crippen molar-refractivity contribution in [1.82, 2.24) is 0 Å². The zero-order valence-corrected chi connectivity index (χ0v) is 16.2. The number of benzene rings is 2. The highest BCUT2D eigenvalue weighted by Crippen LogP contribution is 2.51. The van der Waals surface area contributed by atoms with Crippen LogP contribution >= 0.6 is 7.60 Å². The fourth-order valence-corrected chi connectivity index (χ4v) is 3.54. The Kier molecular flexibility index (Phi) is 8.41. The van der Waals surface area contributed by atoms with Crippen LogP contribution in [0, 0.1) is 11.3 Å². The zero-order chi connectivity index (χ0) is 19.5. The average Bonchev–Trinajstić information content (AvgIpc) is 2.70. The Labute approximate surface area is 159 Å². The second kappa shape index (κ2) is 10.8. The van der Waals surface area contributed by atoms with Crippen molar-refractivity contribution in [1.29, 1.82) is 5.26 Å². The largest absolute Gasteiger partial charge is 0.388 e. The van der Waals surface area contributed by atoms with Crippen LogP contribution in [0.3, 0.4) is 0 Å². The molecule has 0 unspecified atom stereocenters. The normalized spacial score (nSPS) is 11.6. The van der Waals surface area contributed by atoms with Crippen LogP contribution in [0.2, 0.25) is 0 Å². The Hall–Kier alpha value is -2.26. The summed E-state index contributed by atoms with van der Waals surface area (Å²) in [6, 6.07) is 17.0. The maximum Gasteiger partial charge on any atom is 0.388 e. The molecule has 0 heterocycles. The lowest BCUT2D eigenvalue weighted by Crippen LogP contribution is -2.01. The maximum atomic E-state index is 12.6. The van der Waals surface area contributed by atoms with Gasteiger partial charge in [0.15, 0.2) is 0 Å². The average molecular weight is 387 g/mol. The van der Waals surface area contributed by atoms with Gasteiger partial charge in [-0.3, -0.25) is 4.57 Å². The van der Waals surface area contributed by atoms with Crippen LogP contribution in [0.4, 0.5) is 0 Å². The predicted molar refractivity (Wildman–Crippen MR) is 103 cm³/mol. The molecule has 0 saturated heterocycles. The van der Waals surface area contributed by atoms with E-state index in [1.807, 2.05) is 54.6 Å². The number of nitrogens with zero attached hydrogens (tertiary/aromatic N) is 1. The lowest BCUT2D eigenvalue weighted by molar-refractivity contribution is -0.263. The van der Waals surface area contributed by atoms with Crippen molar-refractivity contribution in [3.8, 4) is 6.07 Å². The summed E-state index contributed by atoms with van der Waals surface area (Å²) in [5.74, 6) is 0. The summed E-state index contributed by atoms with van der Waals surface area (Å²) in [5.41, 5.74) is 3.17. The van der Waals surface area contributed by atoms with E-state index in [0.717, 1.165) is 16.7 Å². The third kappa shape index (κ3) is 6.76. The van der Waals surface area contributed by atoms with E-state index in [1.165, 1.54) is 0 Å². The molecule has 0 bridgehead atoms. The summed E-state index contributed by atoms with van der Waals surface area (Å²) in [4.78, 5) is 9.59. The minimum Gasteiger partial charge on any atom is -0.255 e. The Morgan fingerprint density at radius 3 is 2.19 bits per heavy atom. The standard InChI is InChI=1S/C20H22NO5P/c1-3-23-25-27(22,26-24-4-2)16-18-11-9-17(10-12-18)13-14-19-7-5-6-8-20(19)15-21/h5-14H,3-4,16H2,1-2H3. The van der Waals surface area contributed by atoms with Gasteiger partial charge in [-0.25, -0.2) is 9.78 Å². The van der Waals surface area contributed by atoms with Gasteiger partial charge in [0.2, 0.25) is 0 Å². The summed E-state index contributed by atoms with van der Waals surface area (Å²) >= 11 is 0. The molecule has 2 aromatic carbocycles. The number of hydrogen-bond donors (Lipinski definition) is 0. The van der Waals surface area contributed by atoms with Crippen LogP contribution in [0.5, 0.6) is 0 Å². The Morgan fingerprint density at radius 1 is 0.963 bits per heavy atom. The van der Waals surface area contributed by atoms with E-state index in [4.69, 9.17) is 24.4 Å². The second-order valence-electron chi connectivity index (χ2n) is 5.51. The highest BCUT2D eigenvalue weighted by molar-refractivity contribution is 7.52. The van der Waals surface area contributed by atoms with E-state index < -0.39 is 7.60 Å². The lowest BCUT2D eigenvalue weighted by atomic mass is 10.1. The van der Waals surface area contributed by atoms with Crippen LogP contribution < -0.4 is 0 Å². The van der Waals surface area contributed by atoms with Crippen molar-refractivity contribution in [2.45, 2.75) is 20.0 Å². The van der Waals surface area contributed by atoms with Crippen LogP contribution in [-0.2, 0) is 29.9 Å². The molecule has 2 aromatic rings. The third-order valence-corrected chi connectivity index (χ3v) is 4.88. The monoisotopic (exact) mass is 387 g/mol. The Balaban J connectivity index is 2.08. The van der Waals surface area contributed by atoms with Gasteiger partial charge in [0.25, 0.3) is 0 Å². The van der Waals surface area contributed by atoms with Crippen molar-refractivity contribution in [2.75, 3.05) is 13.2 Å². The summed E-state index contributed by atoms with van der Waals surface area (Å²) in [6.07, 6.45) is 3.82. The van der Waals surface area contributed by atoms with Gasteiger partial charge in [-0.1, -0.05) is 54.6 Å². The van der Waals surface area contributed by atoms with E-state index in [0.29, 0.717) is 5.56 Å². The summed E-state index contributed by atoms with van der Waals surface area (Å²) in [5, 5.41) is 9.13. The first-order chi connectivity index (χ1) is 13.1. The minimum absolute atomic E-state index is 0.0221. The fraction of sp³-hybridized carbons (Fsp3) is 0.250. The molecule has 0 spiro atoms. The summed E-state index contributed by atoms with van der Waals surface area (Å²) < 4.78 is 22.4. The molecule has 0 aliphatic rings. The van der Waals surface area contributed by atoms with Crippen LogP contribution in [0.25, 0.3) is 12.2 Å². The maximum absolute atomic E-state index is 12.6. The van der Waals surface area contributed by atoms with Crippen LogP contribution in [0.15, 0.2) is 48.5 Å². The van der Waals surface area contributed by atoms with E-state index in [2.05, 4.69) is 6.07 Å². The molecular formula is C20H22NO5P. The number of nitriles is 1. The molecule has 2 rings (SSSR count). The van der Waals surface area contributed by atoms with Gasteiger partial charge in [0.05, 0.1) is 31.0 Å². The van der Waals surface area contributed by atoms with E-state index >= 15 is 0 Å². The van der Waals surface area contributed by atoms with Crippen molar-refractivity contribution in [3.05, 3.63) is 70.8 Å². The molecule has 0 amide bonds. The molecule has 27 heavy (non-hydrogen) atoms. The smallest absolute Gasteiger partial charge is 0.255 e. The Bertz CT molecular complexity index is 830. The van der Waals surface area contributed by atoms with E-state index in [1.54, 1.807) is 19.9 Å². The molecule has 0 saturated carbocycles. The van der Waals surface area contributed by atoms with Gasteiger partial charge in [-0.2, -0.15) is 5.26 Å². The first-order valence-electron chi connectivity index (χ1n) is 8.58. The number of hydrogen-bond acceptors (Lipinski definition) is 6. The van der Waals surface area contributed by atoms with Crippen molar-refractivity contribution in [3.63, 3.8) is 0 Å². The Morgan fingerprint density at radius 2 is 1.59 bits per heavy atom. The zero-order valence-electron chi connectivity index (χ0n) is 15.3. The van der Waals surface area contributed by atoms with Crippen molar-refractivity contribution in [2.24, 2.45) is 0 Å². The fourth-order valence-electron chi connectivity index (χ4n) is 2.22. The second-order valence-corrected chi connectivity index (χ2v) is 7.34. The van der Waals surface area contributed by atoms with E-state index in [9.17, 15) is 4.57 Å². The molecule has 0 aromatic heterocycles. The molecule has 142 valence electrons. The van der Waals surface area contributed by atoms with E-state index in [-0.39, 0.29) is 19.4 Å². The number of rotatable bonds is 10. The highest BCUT2D eigenvalue weighted by atomic mass is 31.2. The van der Waals surface area contributed by atoms with Crippen molar-refractivity contribution < 1.29 is 23.7 Å². The highest BCUT2D eigenvalue weighted by Gasteiger charge is 2.28. The molecule has 0 aliphatic heterocycles. The molecule has 0 fully saturated rings. The van der Waals surface area contributed by atoms with Gasteiger partial charge in [0, 0.05) is 0 Å². The first kappa shape index (κ1) is 21.0. The van der Waals surface area contributed by atoms with Gasteiger partial charge >= 0.3 is 7.60 Å². The SMILES string of the molecule is CCOOP(=O)(Cc1ccc(C=Cc2ccccc2C#N)cc1)OOCC. The molecular weight excluding hydrogens is 365 g/mol. The predicted octanol–water partition coefficient (Wildman–Crippen LogP) is 5.36. The van der Waals surface area contributed by atoms with Gasteiger partial charge in [0.1, 0.15) is 0 Å². The molecule has 0 N–H and O–H groups in total. The molecule has 0 atom stereocenters.